The van der Waals surface area contributed by atoms with Crippen LogP contribution in [0.4, 0.5) is 0 Å². The van der Waals surface area contributed by atoms with Gasteiger partial charge >= 0.3 is 0 Å². The summed E-state index contributed by atoms with van der Waals surface area (Å²) < 4.78 is 2.05. The van der Waals surface area contributed by atoms with Gasteiger partial charge in [-0.25, -0.2) is 0 Å². The van der Waals surface area contributed by atoms with E-state index in [0.29, 0.717) is 12.1 Å². The molecular formula is C16H13NO2. The molecule has 0 spiro atoms. The van der Waals surface area contributed by atoms with E-state index in [9.17, 15) is 9.90 Å². The van der Waals surface area contributed by atoms with Gasteiger partial charge in [0, 0.05) is 23.7 Å². The molecule has 0 amide bonds. The van der Waals surface area contributed by atoms with Gasteiger partial charge in [-0.3, -0.25) is 4.79 Å². The number of hydrogen-bond acceptors (Lipinski definition) is 2. The molecule has 1 aromatic heterocycles. The van der Waals surface area contributed by atoms with Gasteiger partial charge < -0.3 is 9.67 Å². The van der Waals surface area contributed by atoms with Gasteiger partial charge in [0.05, 0.1) is 5.52 Å². The van der Waals surface area contributed by atoms with Crippen molar-refractivity contribution >= 4 is 17.2 Å². The molecular weight excluding hydrogens is 238 g/mol. The van der Waals surface area contributed by atoms with Crippen LogP contribution in [0.5, 0.6) is 5.75 Å². The molecule has 0 aliphatic rings. The standard InChI is InChI=1S/C16H13NO2/c18-11-14-3-1-2-13-8-9-17(16(13)14)10-12-4-6-15(19)7-5-12/h1-9,11,19H,10H2. The fourth-order valence-corrected chi connectivity index (χ4v) is 2.32. The van der Waals surface area contributed by atoms with Crippen molar-refractivity contribution in [2.24, 2.45) is 0 Å². The Labute approximate surface area is 110 Å². The van der Waals surface area contributed by atoms with Gasteiger partial charge in [-0.05, 0) is 29.8 Å². The van der Waals surface area contributed by atoms with Crippen molar-refractivity contribution in [3.63, 3.8) is 0 Å². The van der Waals surface area contributed by atoms with E-state index in [1.807, 2.05) is 47.2 Å². The molecule has 3 heteroatoms. The highest BCUT2D eigenvalue weighted by Gasteiger charge is 2.06. The smallest absolute Gasteiger partial charge is 0.152 e. The van der Waals surface area contributed by atoms with Gasteiger partial charge in [-0.15, -0.1) is 0 Å². The van der Waals surface area contributed by atoms with Crippen LogP contribution in [0.1, 0.15) is 15.9 Å². The van der Waals surface area contributed by atoms with E-state index in [2.05, 4.69) is 0 Å². The number of phenols is 1. The Morgan fingerprint density at radius 2 is 1.84 bits per heavy atom. The predicted molar refractivity (Wildman–Crippen MR) is 74.5 cm³/mol. The van der Waals surface area contributed by atoms with E-state index in [1.54, 1.807) is 12.1 Å². The largest absolute Gasteiger partial charge is 0.508 e. The summed E-state index contributed by atoms with van der Waals surface area (Å²) in [7, 11) is 0. The average molecular weight is 251 g/mol. The molecule has 3 rings (SSSR count). The maximum Gasteiger partial charge on any atom is 0.152 e. The monoisotopic (exact) mass is 251 g/mol. The lowest BCUT2D eigenvalue weighted by molar-refractivity contribution is 0.112. The number of carbonyl (C=O) groups is 1. The zero-order valence-corrected chi connectivity index (χ0v) is 10.3. The Balaban J connectivity index is 2.05. The SMILES string of the molecule is O=Cc1cccc2ccn(Cc3ccc(O)cc3)c12. The first-order valence-electron chi connectivity index (χ1n) is 6.09. The van der Waals surface area contributed by atoms with E-state index >= 15 is 0 Å². The first-order chi connectivity index (χ1) is 9.28. The maximum atomic E-state index is 11.1. The van der Waals surface area contributed by atoms with Crippen LogP contribution in [0, 0.1) is 0 Å². The van der Waals surface area contributed by atoms with Crippen molar-refractivity contribution in [1.82, 2.24) is 4.57 Å². The third-order valence-electron chi connectivity index (χ3n) is 3.24. The molecule has 1 heterocycles. The minimum Gasteiger partial charge on any atom is -0.508 e. The Bertz CT molecular complexity index is 726. The Kier molecular flexibility index (Phi) is 2.80. The molecule has 3 nitrogen and oxygen atoms in total. The van der Waals surface area contributed by atoms with Crippen molar-refractivity contribution in [1.29, 1.82) is 0 Å². The van der Waals surface area contributed by atoms with Crippen LogP contribution in [0.15, 0.2) is 54.7 Å². The quantitative estimate of drug-likeness (QED) is 0.726. The summed E-state index contributed by atoms with van der Waals surface area (Å²) in [6.07, 6.45) is 2.86. The van der Waals surface area contributed by atoms with E-state index in [4.69, 9.17) is 0 Å². The van der Waals surface area contributed by atoms with Crippen molar-refractivity contribution in [2.75, 3.05) is 0 Å². The molecule has 0 fully saturated rings. The van der Waals surface area contributed by atoms with Crippen LogP contribution >= 0.6 is 0 Å². The molecule has 19 heavy (non-hydrogen) atoms. The van der Waals surface area contributed by atoms with Crippen molar-refractivity contribution in [3.8, 4) is 5.75 Å². The topological polar surface area (TPSA) is 42.2 Å². The molecule has 0 unspecified atom stereocenters. The number of aromatic nitrogens is 1. The first kappa shape index (κ1) is 11.5. The molecule has 94 valence electrons. The number of carbonyl (C=O) groups excluding carboxylic acids is 1. The molecule has 0 atom stereocenters. The minimum atomic E-state index is 0.259. The van der Waals surface area contributed by atoms with Gasteiger partial charge in [-0.2, -0.15) is 0 Å². The summed E-state index contributed by atoms with van der Waals surface area (Å²) in [6, 6.07) is 14.8. The lowest BCUT2D eigenvalue weighted by Gasteiger charge is -2.07. The maximum absolute atomic E-state index is 11.1. The molecule has 0 saturated heterocycles. The molecule has 0 aliphatic heterocycles. The second-order valence-electron chi connectivity index (χ2n) is 4.51. The first-order valence-corrected chi connectivity index (χ1v) is 6.09. The highest BCUT2D eigenvalue weighted by Crippen LogP contribution is 2.21. The summed E-state index contributed by atoms with van der Waals surface area (Å²) >= 11 is 0. The lowest BCUT2D eigenvalue weighted by atomic mass is 10.1. The molecule has 0 bridgehead atoms. The minimum absolute atomic E-state index is 0.259. The highest BCUT2D eigenvalue weighted by atomic mass is 16.3. The van der Waals surface area contributed by atoms with E-state index in [-0.39, 0.29) is 5.75 Å². The number of aromatic hydroxyl groups is 1. The predicted octanol–water partition coefficient (Wildman–Crippen LogP) is 3.21. The normalized spacial score (nSPS) is 10.7. The van der Waals surface area contributed by atoms with Crippen molar-refractivity contribution in [3.05, 3.63) is 65.9 Å². The van der Waals surface area contributed by atoms with Gasteiger partial charge in [-0.1, -0.05) is 24.3 Å². The number of para-hydroxylation sites is 1. The Hall–Kier alpha value is -2.55. The van der Waals surface area contributed by atoms with Gasteiger partial charge in [0.25, 0.3) is 0 Å². The lowest BCUT2D eigenvalue weighted by Crippen LogP contribution is -1.99. The molecule has 0 aliphatic carbocycles. The third-order valence-corrected chi connectivity index (χ3v) is 3.24. The molecule has 0 radical (unpaired) electrons. The van der Waals surface area contributed by atoms with E-state index < -0.39 is 0 Å². The highest BCUT2D eigenvalue weighted by molar-refractivity contribution is 5.96. The zero-order valence-electron chi connectivity index (χ0n) is 10.3. The van der Waals surface area contributed by atoms with Crippen LogP contribution in [0.25, 0.3) is 10.9 Å². The number of rotatable bonds is 3. The van der Waals surface area contributed by atoms with E-state index in [1.165, 1.54) is 0 Å². The number of aldehydes is 1. The fraction of sp³-hybridized carbons (Fsp3) is 0.0625. The zero-order chi connectivity index (χ0) is 13.2. The van der Waals surface area contributed by atoms with Crippen LogP contribution in [-0.4, -0.2) is 16.0 Å². The molecule has 2 aromatic carbocycles. The Morgan fingerprint density at radius 1 is 1.05 bits per heavy atom. The fourth-order valence-electron chi connectivity index (χ4n) is 2.32. The summed E-state index contributed by atoms with van der Waals surface area (Å²) in [5.41, 5.74) is 2.72. The summed E-state index contributed by atoms with van der Waals surface area (Å²) in [4.78, 5) is 11.1. The van der Waals surface area contributed by atoms with Crippen LogP contribution in [-0.2, 0) is 6.54 Å². The van der Waals surface area contributed by atoms with Crippen molar-refractivity contribution < 1.29 is 9.90 Å². The number of nitrogens with zero attached hydrogens (tertiary/aromatic N) is 1. The number of hydrogen-bond donors (Lipinski definition) is 1. The second-order valence-corrected chi connectivity index (χ2v) is 4.51. The van der Waals surface area contributed by atoms with Crippen molar-refractivity contribution in [2.45, 2.75) is 6.54 Å². The summed E-state index contributed by atoms with van der Waals surface area (Å²) in [5, 5.41) is 10.3. The molecule has 0 saturated carbocycles. The third kappa shape index (κ3) is 2.10. The van der Waals surface area contributed by atoms with Crippen LogP contribution in [0.3, 0.4) is 0 Å². The molecule has 3 aromatic rings. The van der Waals surface area contributed by atoms with Crippen LogP contribution in [0.2, 0.25) is 0 Å². The number of fused-ring (bicyclic) bond motifs is 1. The van der Waals surface area contributed by atoms with E-state index in [0.717, 1.165) is 22.8 Å². The van der Waals surface area contributed by atoms with Crippen LogP contribution < -0.4 is 0 Å². The molecule has 1 N–H and O–H groups in total. The van der Waals surface area contributed by atoms with Gasteiger partial charge in [0.15, 0.2) is 6.29 Å². The number of phenolic OH excluding ortho intramolecular Hbond substituents is 1. The Morgan fingerprint density at radius 3 is 2.58 bits per heavy atom. The average Bonchev–Trinajstić information content (AvgIpc) is 2.85. The summed E-state index contributed by atoms with van der Waals surface area (Å²) in [6.45, 7) is 0.675. The number of benzene rings is 2. The van der Waals surface area contributed by atoms with Gasteiger partial charge in [0.2, 0.25) is 0 Å². The van der Waals surface area contributed by atoms with Gasteiger partial charge in [0.1, 0.15) is 5.75 Å². The second kappa shape index (κ2) is 4.61. The summed E-state index contributed by atoms with van der Waals surface area (Å²) in [5.74, 6) is 0.259.